The van der Waals surface area contributed by atoms with E-state index in [1.165, 1.54) is 25.9 Å². The van der Waals surface area contributed by atoms with Gasteiger partial charge in [0.15, 0.2) is 0 Å². The highest BCUT2D eigenvalue weighted by Crippen LogP contribution is 2.27. The molecule has 3 fully saturated rings. The molecule has 1 aromatic rings. The quantitative estimate of drug-likeness (QED) is 0.822. The topological polar surface area (TPSA) is 45.2 Å². The molecule has 0 unspecified atom stereocenters. The van der Waals surface area contributed by atoms with E-state index in [2.05, 4.69) is 15.2 Å². The Bertz CT molecular complexity index is 398. The van der Waals surface area contributed by atoms with E-state index in [0.717, 1.165) is 6.54 Å². The first-order chi connectivity index (χ1) is 8.33. The number of piperidine rings is 3. The zero-order valence-corrected chi connectivity index (χ0v) is 9.80. The van der Waals surface area contributed by atoms with Gasteiger partial charge in [0.1, 0.15) is 5.69 Å². The first-order valence-electron chi connectivity index (χ1n) is 6.27. The lowest BCUT2D eigenvalue weighted by Crippen LogP contribution is -2.57. The maximum absolute atomic E-state index is 12.0. The number of hydrogen-bond acceptors (Lipinski definition) is 3. The number of pyridine rings is 1. The normalized spacial score (nSPS) is 31.2. The monoisotopic (exact) mass is 231 g/mol. The second kappa shape index (κ2) is 4.45. The lowest BCUT2D eigenvalue weighted by atomic mass is 9.84. The third-order valence-corrected chi connectivity index (χ3v) is 3.87. The van der Waals surface area contributed by atoms with Crippen molar-refractivity contribution in [3.8, 4) is 0 Å². The van der Waals surface area contributed by atoms with Crippen LogP contribution in [0.15, 0.2) is 24.4 Å². The summed E-state index contributed by atoms with van der Waals surface area (Å²) in [4.78, 5) is 18.5. The predicted molar refractivity (Wildman–Crippen MR) is 64.7 cm³/mol. The van der Waals surface area contributed by atoms with E-state index >= 15 is 0 Å². The number of nitrogens with one attached hydrogen (secondary N) is 1. The molecule has 0 aromatic carbocycles. The zero-order chi connectivity index (χ0) is 11.7. The molecule has 4 nitrogen and oxygen atoms in total. The maximum atomic E-state index is 12.0. The van der Waals surface area contributed by atoms with Gasteiger partial charge in [-0.15, -0.1) is 0 Å². The third-order valence-electron chi connectivity index (χ3n) is 3.87. The predicted octanol–water partition coefficient (Wildman–Crippen LogP) is 0.906. The largest absolute Gasteiger partial charge is 0.346 e. The lowest BCUT2D eigenvalue weighted by molar-refractivity contribution is 0.0618. The van der Waals surface area contributed by atoms with Crippen LogP contribution in [0.5, 0.6) is 0 Å². The van der Waals surface area contributed by atoms with Gasteiger partial charge >= 0.3 is 0 Å². The number of carbonyl (C=O) groups is 1. The summed E-state index contributed by atoms with van der Waals surface area (Å²) in [5.74, 6) is 0.622. The van der Waals surface area contributed by atoms with Gasteiger partial charge in [-0.3, -0.25) is 9.78 Å². The SMILES string of the molecule is O=C(N[C@@H]1CN2CCC1CC2)c1ccccn1. The van der Waals surface area contributed by atoms with Gasteiger partial charge in [0.2, 0.25) is 0 Å². The summed E-state index contributed by atoms with van der Waals surface area (Å²) in [7, 11) is 0. The van der Waals surface area contributed by atoms with E-state index in [1.807, 2.05) is 12.1 Å². The fourth-order valence-electron chi connectivity index (χ4n) is 2.87. The second-order valence-corrected chi connectivity index (χ2v) is 4.93. The Morgan fingerprint density at radius 3 is 2.76 bits per heavy atom. The van der Waals surface area contributed by atoms with E-state index < -0.39 is 0 Å². The van der Waals surface area contributed by atoms with E-state index in [1.54, 1.807) is 12.3 Å². The van der Waals surface area contributed by atoms with Crippen molar-refractivity contribution in [2.75, 3.05) is 19.6 Å². The summed E-state index contributed by atoms with van der Waals surface area (Å²) in [5.41, 5.74) is 0.518. The van der Waals surface area contributed by atoms with Crippen molar-refractivity contribution in [2.45, 2.75) is 18.9 Å². The van der Waals surface area contributed by atoms with E-state index in [9.17, 15) is 4.79 Å². The number of carbonyl (C=O) groups excluding carboxylic acids is 1. The highest BCUT2D eigenvalue weighted by Gasteiger charge is 2.34. The average molecular weight is 231 g/mol. The summed E-state index contributed by atoms with van der Waals surface area (Å²) in [6, 6.07) is 5.74. The van der Waals surface area contributed by atoms with Gasteiger partial charge in [0, 0.05) is 18.8 Å². The van der Waals surface area contributed by atoms with Gasteiger partial charge < -0.3 is 10.2 Å². The summed E-state index contributed by atoms with van der Waals surface area (Å²) in [6.45, 7) is 3.39. The molecule has 3 aliphatic heterocycles. The highest BCUT2D eigenvalue weighted by molar-refractivity contribution is 5.92. The molecule has 90 valence electrons. The Hall–Kier alpha value is -1.42. The zero-order valence-electron chi connectivity index (χ0n) is 9.80. The van der Waals surface area contributed by atoms with E-state index in [4.69, 9.17) is 0 Å². The van der Waals surface area contributed by atoms with Crippen LogP contribution >= 0.6 is 0 Å². The average Bonchev–Trinajstić information content (AvgIpc) is 2.41. The van der Waals surface area contributed by atoms with Crippen molar-refractivity contribution in [1.82, 2.24) is 15.2 Å². The van der Waals surface area contributed by atoms with Crippen LogP contribution in [-0.4, -0.2) is 41.5 Å². The van der Waals surface area contributed by atoms with Crippen LogP contribution in [0.3, 0.4) is 0 Å². The first-order valence-corrected chi connectivity index (χ1v) is 6.27. The van der Waals surface area contributed by atoms with Crippen molar-refractivity contribution in [3.05, 3.63) is 30.1 Å². The Balaban J connectivity index is 1.66. The molecule has 0 spiro atoms. The molecule has 2 bridgehead atoms. The standard InChI is InChI=1S/C13H17N3O/c17-13(11-3-1-2-6-14-11)15-12-9-16-7-4-10(12)5-8-16/h1-3,6,10,12H,4-5,7-9H2,(H,15,17)/t12-/m1/s1. The fraction of sp³-hybridized carbons (Fsp3) is 0.538. The van der Waals surface area contributed by atoms with Crippen LogP contribution in [-0.2, 0) is 0 Å². The molecule has 0 saturated carbocycles. The van der Waals surface area contributed by atoms with Crippen LogP contribution in [0.1, 0.15) is 23.3 Å². The summed E-state index contributed by atoms with van der Waals surface area (Å²) in [6.07, 6.45) is 4.09. The van der Waals surface area contributed by atoms with Gasteiger partial charge in [-0.05, 0) is 44.0 Å². The van der Waals surface area contributed by atoms with Crippen LogP contribution < -0.4 is 5.32 Å². The molecule has 17 heavy (non-hydrogen) atoms. The number of amides is 1. The third kappa shape index (κ3) is 2.17. The minimum atomic E-state index is -0.0376. The maximum Gasteiger partial charge on any atom is 0.270 e. The fourth-order valence-corrected chi connectivity index (χ4v) is 2.87. The molecular formula is C13H17N3O. The van der Waals surface area contributed by atoms with Crippen molar-refractivity contribution >= 4 is 5.91 Å². The molecule has 0 aliphatic carbocycles. The van der Waals surface area contributed by atoms with Gasteiger partial charge in [-0.2, -0.15) is 0 Å². The Morgan fingerprint density at radius 2 is 2.18 bits per heavy atom. The van der Waals surface area contributed by atoms with Crippen LogP contribution in [0.2, 0.25) is 0 Å². The van der Waals surface area contributed by atoms with Gasteiger partial charge in [0.25, 0.3) is 5.91 Å². The molecule has 1 N–H and O–H groups in total. The summed E-state index contributed by atoms with van der Waals surface area (Å²) < 4.78 is 0. The molecule has 1 amide bonds. The van der Waals surface area contributed by atoms with Crippen LogP contribution in [0, 0.1) is 5.92 Å². The molecule has 1 atom stereocenters. The van der Waals surface area contributed by atoms with E-state index in [0.29, 0.717) is 17.7 Å². The minimum Gasteiger partial charge on any atom is -0.346 e. The molecule has 3 saturated heterocycles. The molecule has 0 radical (unpaired) electrons. The summed E-state index contributed by atoms with van der Waals surface area (Å²) in [5, 5.41) is 3.12. The van der Waals surface area contributed by atoms with Crippen molar-refractivity contribution in [1.29, 1.82) is 0 Å². The smallest absolute Gasteiger partial charge is 0.270 e. The molecule has 3 aliphatic rings. The Labute approximate surface area is 101 Å². The Morgan fingerprint density at radius 1 is 1.35 bits per heavy atom. The van der Waals surface area contributed by atoms with Gasteiger partial charge in [-0.1, -0.05) is 6.07 Å². The number of fused-ring (bicyclic) bond motifs is 3. The first kappa shape index (κ1) is 10.7. The van der Waals surface area contributed by atoms with Gasteiger partial charge in [-0.25, -0.2) is 0 Å². The Kier molecular flexibility index (Phi) is 2.81. The minimum absolute atomic E-state index is 0.0376. The molecular weight excluding hydrogens is 214 g/mol. The highest BCUT2D eigenvalue weighted by atomic mass is 16.1. The molecule has 4 heterocycles. The number of hydrogen-bond donors (Lipinski definition) is 1. The number of nitrogens with zero attached hydrogens (tertiary/aromatic N) is 2. The van der Waals surface area contributed by atoms with Crippen molar-refractivity contribution < 1.29 is 4.79 Å². The second-order valence-electron chi connectivity index (χ2n) is 4.93. The van der Waals surface area contributed by atoms with Crippen LogP contribution in [0.25, 0.3) is 0 Å². The van der Waals surface area contributed by atoms with Crippen molar-refractivity contribution in [3.63, 3.8) is 0 Å². The van der Waals surface area contributed by atoms with Crippen LogP contribution in [0.4, 0.5) is 0 Å². The van der Waals surface area contributed by atoms with E-state index in [-0.39, 0.29) is 5.91 Å². The van der Waals surface area contributed by atoms with Gasteiger partial charge in [0.05, 0.1) is 0 Å². The lowest BCUT2D eigenvalue weighted by Gasteiger charge is -2.44. The van der Waals surface area contributed by atoms with Crippen molar-refractivity contribution in [2.24, 2.45) is 5.92 Å². The number of aromatic nitrogens is 1. The molecule has 1 aromatic heterocycles. The summed E-state index contributed by atoms with van der Waals surface area (Å²) >= 11 is 0. The molecule has 4 rings (SSSR count). The molecule has 4 heteroatoms. The number of rotatable bonds is 2.